The molecule has 2 rings (SSSR count). The van der Waals surface area contributed by atoms with Gasteiger partial charge in [0.15, 0.2) is 11.5 Å². The zero-order valence-corrected chi connectivity index (χ0v) is 10.9. The van der Waals surface area contributed by atoms with Crippen molar-refractivity contribution in [1.82, 2.24) is 0 Å². The normalized spacial score (nSPS) is 21.5. The van der Waals surface area contributed by atoms with E-state index >= 15 is 0 Å². The Morgan fingerprint density at radius 3 is 2.33 bits per heavy atom. The summed E-state index contributed by atoms with van der Waals surface area (Å²) in [6.07, 6.45) is 1.05. The molecule has 0 saturated carbocycles. The van der Waals surface area contributed by atoms with Gasteiger partial charge in [0.1, 0.15) is 0 Å². The molecule has 1 N–H and O–H groups in total. The predicted molar refractivity (Wildman–Crippen MR) is 67.6 cm³/mol. The van der Waals surface area contributed by atoms with Crippen LogP contribution in [0.4, 0.5) is 0 Å². The fraction of sp³-hybridized carbons (Fsp3) is 0.500. The van der Waals surface area contributed by atoms with Gasteiger partial charge in [0.25, 0.3) is 0 Å². The number of carbonyl (C=O) groups is 1. The molecule has 0 aliphatic heterocycles. The molecule has 1 aromatic rings. The van der Waals surface area contributed by atoms with Gasteiger partial charge in [-0.15, -0.1) is 0 Å². The van der Waals surface area contributed by atoms with Gasteiger partial charge in [0, 0.05) is 0 Å². The van der Waals surface area contributed by atoms with Crippen LogP contribution in [0.15, 0.2) is 12.1 Å². The van der Waals surface area contributed by atoms with Crippen molar-refractivity contribution in [2.75, 3.05) is 14.2 Å². The number of fused-ring (bicyclic) bond motifs is 1. The molecular weight excluding hydrogens is 232 g/mol. The standard InChI is InChI=1S/C14H18O4/c1-8-4-9(5-14(15)16)11-7-13(18-3)12(17-2)6-10(8)11/h6-9H,4-5H2,1-3H3,(H,15,16). The van der Waals surface area contributed by atoms with Crippen LogP contribution in [0.25, 0.3) is 0 Å². The van der Waals surface area contributed by atoms with Crippen molar-refractivity contribution >= 4 is 5.97 Å². The van der Waals surface area contributed by atoms with E-state index in [0.29, 0.717) is 17.4 Å². The molecule has 18 heavy (non-hydrogen) atoms. The van der Waals surface area contributed by atoms with Gasteiger partial charge in [-0.3, -0.25) is 4.79 Å². The Morgan fingerprint density at radius 2 is 1.83 bits per heavy atom. The van der Waals surface area contributed by atoms with Crippen LogP contribution < -0.4 is 9.47 Å². The molecule has 4 nitrogen and oxygen atoms in total. The molecule has 1 aliphatic rings. The van der Waals surface area contributed by atoms with E-state index in [0.717, 1.165) is 12.0 Å². The number of benzene rings is 1. The van der Waals surface area contributed by atoms with Gasteiger partial charge in [-0.25, -0.2) is 0 Å². The smallest absolute Gasteiger partial charge is 0.303 e. The summed E-state index contributed by atoms with van der Waals surface area (Å²) in [4.78, 5) is 10.9. The highest BCUT2D eigenvalue weighted by molar-refractivity contribution is 5.69. The molecule has 0 radical (unpaired) electrons. The fourth-order valence-electron chi connectivity index (χ4n) is 2.78. The fourth-order valence-corrected chi connectivity index (χ4v) is 2.78. The lowest BCUT2D eigenvalue weighted by Crippen LogP contribution is -2.03. The number of methoxy groups -OCH3 is 2. The summed E-state index contributed by atoms with van der Waals surface area (Å²) in [6.45, 7) is 2.12. The first-order chi connectivity index (χ1) is 8.56. The van der Waals surface area contributed by atoms with Crippen molar-refractivity contribution in [2.45, 2.75) is 31.6 Å². The van der Waals surface area contributed by atoms with Crippen LogP contribution in [0.1, 0.15) is 42.7 Å². The first kappa shape index (κ1) is 12.7. The number of carboxylic acid groups (broad SMARTS) is 1. The van der Waals surface area contributed by atoms with Gasteiger partial charge in [-0.05, 0) is 41.5 Å². The summed E-state index contributed by atoms with van der Waals surface area (Å²) in [5.74, 6) is 1.06. The number of rotatable bonds is 4. The van der Waals surface area contributed by atoms with Crippen molar-refractivity contribution in [3.63, 3.8) is 0 Å². The van der Waals surface area contributed by atoms with Crippen molar-refractivity contribution in [3.05, 3.63) is 23.3 Å². The van der Waals surface area contributed by atoms with E-state index in [9.17, 15) is 4.79 Å². The Labute approximate surface area is 107 Å². The summed E-state index contributed by atoms with van der Waals surface area (Å²) in [7, 11) is 3.20. The van der Waals surface area contributed by atoms with Gasteiger partial charge in [-0.1, -0.05) is 6.92 Å². The maximum Gasteiger partial charge on any atom is 0.303 e. The molecule has 1 aliphatic carbocycles. The SMILES string of the molecule is COc1cc2c(cc1OC)C(CC(=O)O)CC2C. The van der Waals surface area contributed by atoms with E-state index in [1.54, 1.807) is 14.2 Å². The second-order valence-electron chi connectivity index (χ2n) is 4.77. The van der Waals surface area contributed by atoms with Gasteiger partial charge < -0.3 is 14.6 Å². The van der Waals surface area contributed by atoms with Gasteiger partial charge >= 0.3 is 5.97 Å². The van der Waals surface area contributed by atoms with Crippen LogP contribution in [-0.2, 0) is 4.79 Å². The Balaban J connectivity index is 2.43. The summed E-state index contributed by atoms with van der Waals surface area (Å²) in [5.41, 5.74) is 2.27. The molecule has 0 amide bonds. The van der Waals surface area contributed by atoms with Gasteiger partial charge in [0.2, 0.25) is 0 Å². The molecule has 2 atom stereocenters. The van der Waals surface area contributed by atoms with E-state index in [-0.39, 0.29) is 12.3 Å². The van der Waals surface area contributed by atoms with Crippen molar-refractivity contribution < 1.29 is 19.4 Å². The number of carboxylic acids is 1. The first-order valence-electron chi connectivity index (χ1n) is 6.04. The monoisotopic (exact) mass is 250 g/mol. The molecule has 1 aromatic carbocycles. The molecule has 0 saturated heterocycles. The first-order valence-corrected chi connectivity index (χ1v) is 6.04. The maximum atomic E-state index is 10.9. The second kappa shape index (κ2) is 4.88. The summed E-state index contributed by atoms with van der Waals surface area (Å²) in [5, 5.41) is 8.96. The largest absolute Gasteiger partial charge is 0.493 e. The number of ether oxygens (including phenoxy) is 2. The number of hydrogen-bond acceptors (Lipinski definition) is 3. The third-order valence-corrected chi connectivity index (χ3v) is 3.62. The Hall–Kier alpha value is -1.71. The van der Waals surface area contributed by atoms with E-state index in [2.05, 4.69) is 6.92 Å². The Kier molecular flexibility index (Phi) is 3.45. The van der Waals surface area contributed by atoms with Gasteiger partial charge in [-0.2, -0.15) is 0 Å². The third-order valence-electron chi connectivity index (χ3n) is 3.62. The average molecular weight is 250 g/mol. The Morgan fingerprint density at radius 1 is 1.28 bits per heavy atom. The summed E-state index contributed by atoms with van der Waals surface area (Å²) < 4.78 is 10.6. The van der Waals surface area contributed by atoms with E-state index in [1.807, 2.05) is 12.1 Å². The van der Waals surface area contributed by atoms with E-state index in [1.165, 1.54) is 5.56 Å². The van der Waals surface area contributed by atoms with Crippen LogP contribution in [0.3, 0.4) is 0 Å². The molecule has 0 bridgehead atoms. The molecule has 0 heterocycles. The second-order valence-corrected chi connectivity index (χ2v) is 4.77. The minimum Gasteiger partial charge on any atom is -0.493 e. The minimum atomic E-state index is -0.755. The van der Waals surface area contributed by atoms with Crippen LogP contribution in [0.5, 0.6) is 11.5 Å². The zero-order valence-electron chi connectivity index (χ0n) is 10.9. The van der Waals surface area contributed by atoms with Crippen molar-refractivity contribution in [2.24, 2.45) is 0 Å². The lowest BCUT2D eigenvalue weighted by atomic mass is 9.97. The molecule has 0 spiro atoms. The predicted octanol–water partition coefficient (Wildman–Crippen LogP) is 2.77. The molecule has 98 valence electrons. The average Bonchev–Trinajstić information content (AvgIpc) is 2.63. The van der Waals surface area contributed by atoms with Crippen LogP contribution >= 0.6 is 0 Å². The van der Waals surface area contributed by atoms with E-state index in [4.69, 9.17) is 14.6 Å². The van der Waals surface area contributed by atoms with Crippen molar-refractivity contribution in [3.8, 4) is 11.5 Å². The maximum absolute atomic E-state index is 10.9. The summed E-state index contributed by atoms with van der Waals surface area (Å²) >= 11 is 0. The highest BCUT2D eigenvalue weighted by atomic mass is 16.5. The lowest BCUT2D eigenvalue weighted by molar-refractivity contribution is -0.137. The van der Waals surface area contributed by atoms with Gasteiger partial charge in [0.05, 0.1) is 20.6 Å². The Bertz CT molecular complexity index is 467. The minimum absolute atomic E-state index is 0.0762. The van der Waals surface area contributed by atoms with Crippen molar-refractivity contribution in [1.29, 1.82) is 0 Å². The van der Waals surface area contributed by atoms with Crippen LogP contribution in [0, 0.1) is 0 Å². The topological polar surface area (TPSA) is 55.8 Å². The molecule has 2 unspecified atom stereocenters. The lowest BCUT2D eigenvalue weighted by Gasteiger charge is -2.13. The molecular formula is C14H18O4. The molecule has 4 heteroatoms. The highest BCUT2D eigenvalue weighted by Crippen LogP contribution is 2.47. The number of hydrogen-bond donors (Lipinski definition) is 1. The third kappa shape index (κ3) is 2.15. The quantitative estimate of drug-likeness (QED) is 0.892. The van der Waals surface area contributed by atoms with E-state index < -0.39 is 5.97 Å². The van der Waals surface area contributed by atoms with Crippen LogP contribution in [-0.4, -0.2) is 25.3 Å². The van der Waals surface area contributed by atoms with Crippen LogP contribution in [0.2, 0.25) is 0 Å². The summed E-state index contributed by atoms with van der Waals surface area (Å²) in [6, 6.07) is 3.89. The number of aliphatic carboxylic acids is 1. The molecule has 0 fully saturated rings. The zero-order chi connectivity index (χ0) is 13.3. The molecule has 0 aromatic heterocycles. The highest BCUT2D eigenvalue weighted by Gasteiger charge is 2.31.